The summed E-state index contributed by atoms with van der Waals surface area (Å²) in [4.78, 5) is 1.38. The maximum absolute atomic E-state index is 9.81. The summed E-state index contributed by atoms with van der Waals surface area (Å²) >= 11 is 0. The first-order valence-electron chi connectivity index (χ1n) is 24.3. The maximum atomic E-state index is 9.81. The van der Waals surface area contributed by atoms with Gasteiger partial charge in [-0.2, -0.15) is 0 Å². The minimum Gasteiger partial charge on any atom is -0.310 e. The van der Waals surface area contributed by atoms with Crippen molar-refractivity contribution in [2.24, 2.45) is 0 Å². The van der Waals surface area contributed by atoms with E-state index in [1.807, 2.05) is 182 Å². The van der Waals surface area contributed by atoms with Crippen LogP contribution in [0.3, 0.4) is 0 Å². The van der Waals surface area contributed by atoms with Crippen molar-refractivity contribution in [2.75, 3.05) is 4.90 Å². The molecule has 0 aromatic heterocycles. The number of nitrogens with zero attached hydrogens (tertiary/aromatic N) is 1. The third-order valence-corrected chi connectivity index (χ3v) is 11.3. The lowest BCUT2D eigenvalue weighted by molar-refractivity contribution is 1.28. The van der Waals surface area contributed by atoms with E-state index in [2.05, 4.69) is 12.1 Å². The molecule has 0 fully saturated rings. The van der Waals surface area contributed by atoms with Gasteiger partial charge in [-0.3, -0.25) is 0 Å². The molecule has 11 aromatic rings. The van der Waals surface area contributed by atoms with Gasteiger partial charge in [0.15, 0.2) is 0 Å². The van der Waals surface area contributed by atoms with Gasteiger partial charge in [-0.25, -0.2) is 0 Å². The molecule has 11 aromatic carbocycles. The summed E-state index contributed by atoms with van der Waals surface area (Å²) in [5, 5.41) is 6.11. The van der Waals surface area contributed by atoms with Crippen molar-refractivity contribution < 1.29 is 11.0 Å². The molecule has 1 heteroatoms. The first-order chi connectivity index (χ1) is 33.5. The van der Waals surface area contributed by atoms with E-state index in [9.17, 15) is 11.0 Å². The molecule has 0 atom stereocenters. The lowest BCUT2D eigenvalue weighted by atomic mass is 9.93. The molecule has 0 unspecified atom stereocenters. The number of fused-ring (bicyclic) bond motifs is 4. The summed E-state index contributed by atoms with van der Waals surface area (Å²) in [6.45, 7) is 0. The molecule has 1 nitrogen and oxygen atoms in total. The molecule has 0 N–H and O–H groups in total. The highest BCUT2D eigenvalue weighted by molar-refractivity contribution is 6.08. The molecular weight excluding hydrogens is 735 g/mol. The molecule has 0 heterocycles. The molecule has 61 heavy (non-hydrogen) atoms. The van der Waals surface area contributed by atoms with Crippen LogP contribution >= 0.6 is 0 Å². The van der Waals surface area contributed by atoms with E-state index in [1.54, 1.807) is 6.07 Å². The summed E-state index contributed by atoms with van der Waals surface area (Å²) in [6.07, 6.45) is 0. The molecule has 286 valence electrons. The van der Waals surface area contributed by atoms with Gasteiger partial charge in [-0.15, -0.1) is 0 Å². The second-order valence-corrected chi connectivity index (χ2v) is 15.1. The van der Waals surface area contributed by atoms with E-state index in [0.717, 1.165) is 65.7 Å². The Morgan fingerprint density at radius 2 is 0.672 bits per heavy atom. The first-order valence-corrected chi connectivity index (χ1v) is 20.3. The summed E-state index contributed by atoms with van der Waals surface area (Å²) in [7, 11) is 0. The second-order valence-electron chi connectivity index (χ2n) is 15.1. The standard InChI is InChI=1S/C60H41N/c1-3-12-42(13-4-1)53-38-54(43-14-5-2-6-15-43)40-55(39-53)46-28-33-57(34-29-46)61(58-20-11-19-49(41-58)51-24-22-44-16-7-8-18-48(44)36-51)56-31-26-45(27-32-56)50-30-35-60-52(37-50)25-23-47-17-9-10-21-59(47)60/h1-41H/i26D,27D,28D,29D,31D,32D,33D,34D. The Labute approximate surface area is 368 Å². The fourth-order valence-corrected chi connectivity index (χ4v) is 8.22. The molecule has 0 saturated heterocycles. The van der Waals surface area contributed by atoms with Gasteiger partial charge in [0.1, 0.15) is 0 Å². The monoisotopic (exact) mass is 783 g/mol. The zero-order valence-corrected chi connectivity index (χ0v) is 33.0. The number of benzene rings is 11. The van der Waals surface area contributed by atoms with Gasteiger partial charge < -0.3 is 4.90 Å². The topological polar surface area (TPSA) is 3.24 Å². The molecule has 0 saturated carbocycles. The van der Waals surface area contributed by atoms with Crippen LogP contribution < -0.4 is 4.90 Å². The van der Waals surface area contributed by atoms with E-state index in [1.165, 1.54) is 4.90 Å². The fourth-order valence-electron chi connectivity index (χ4n) is 8.22. The van der Waals surface area contributed by atoms with Crippen LogP contribution in [-0.2, 0) is 0 Å². The molecule has 0 spiro atoms. The minimum atomic E-state index is -0.406. The normalized spacial score (nSPS) is 13.1. The number of rotatable bonds is 8. The van der Waals surface area contributed by atoms with Crippen LogP contribution in [0, 0.1) is 0 Å². The zero-order chi connectivity index (χ0) is 47.5. The van der Waals surface area contributed by atoms with E-state index in [4.69, 9.17) is 0 Å². The average Bonchev–Trinajstić information content (AvgIpc) is 3.39. The molecule has 0 radical (unpaired) electrons. The minimum absolute atomic E-state index is 0.0903. The predicted octanol–water partition coefficient (Wildman–Crippen LogP) is 17.0. The highest BCUT2D eigenvalue weighted by Crippen LogP contribution is 2.40. The Kier molecular flexibility index (Phi) is 7.29. The van der Waals surface area contributed by atoms with Crippen LogP contribution in [0.1, 0.15) is 11.0 Å². The third kappa shape index (κ3) is 7.13. The lowest BCUT2D eigenvalue weighted by Gasteiger charge is -2.26. The van der Waals surface area contributed by atoms with Crippen molar-refractivity contribution in [1.82, 2.24) is 0 Å². The van der Waals surface area contributed by atoms with E-state index in [-0.39, 0.29) is 46.7 Å². The highest BCUT2D eigenvalue weighted by atomic mass is 15.1. The average molecular weight is 784 g/mol. The van der Waals surface area contributed by atoms with Gasteiger partial charge in [-0.05, 0) is 155 Å². The van der Waals surface area contributed by atoms with Gasteiger partial charge >= 0.3 is 0 Å². The molecule has 11 rings (SSSR count). The second kappa shape index (κ2) is 15.6. The number of hydrogen-bond donors (Lipinski definition) is 0. The summed E-state index contributed by atoms with van der Waals surface area (Å²) in [6, 6.07) is 61.7. The van der Waals surface area contributed by atoms with Crippen molar-refractivity contribution in [1.29, 1.82) is 0 Å². The van der Waals surface area contributed by atoms with Crippen LogP contribution in [-0.4, -0.2) is 0 Å². The third-order valence-electron chi connectivity index (χ3n) is 11.3. The Morgan fingerprint density at radius 1 is 0.230 bits per heavy atom. The zero-order valence-electron chi connectivity index (χ0n) is 41.0. The Bertz CT molecular complexity index is 3720. The van der Waals surface area contributed by atoms with Crippen molar-refractivity contribution in [2.45, 2.75) is 0 Å². The van der Waals surface area contributed by atoms with Crippen molar-refractivity contribution in [3.63, 3.8) is 0 Å². The SMILES string of the molecule is [2H]c1c([2H])c(N(c2cccc(-c3ccc4ccccc4c3)c2)c2c([2H])c([2H])c(-c3ccc4c(ccc5ccccc54)c3)c([2H])c2[2H])c([2H])c([2H])c1-c1cc(-c2ccccc2)cc(-c2ccccc2)c1. The van der Waals surface area contributed by atoms with Gasteiger partial charge in [0.2, 0.25) is 0 Å². The highest BCUT2D eigenvalue weighted by Gasteiger charge is 2.16. The van der Waals surface area contributed by atoms with Crippen LogP contribution in [0.15, 0.2) is 249 Å². The van der Waals surface area contributed by atoms with E-state index >= 15 is 0 Å². The Hall–Kier alpha value is -8.00. The van der Waals surface area contributed by atoms with Crippen LogP contribution in [0.5, 0.6) is 0 Å². The van der Waals surface area contributed by atoms with Crippen molar-refractivity contribution in [3.05, 3.63) is 249 Å². The molecule has 0 amide bonds. The summed E-state index contributed by atoms with van der Waals surface area (Å²) in [5.41, 5.74) is 6.25. The van der Waals surface area contributed by atoms with Crippen molar-refractivity contribution in [3.8, 4) is 55.6 Å². The molecule has 0 aliphatic rings. The van der Waals surface area contributed by atoms with E-state index < -0.39 is 24.2 Å². The molecular formula is C60H41N. The van der Waals surface area contributed by atoms with Gasteiger partial charge in [-0.1, -0.05) is 182 Å². The van der Waals surface area contributed by atoms with E-state index in [0.29, 0.717) is 16.8 Å². The fraction of sp³-hybridized carbons (Fsp3) is 0. The maximum Gasteiger partial charge on any atom is 0.0645 e. The predicted molar refractivity (Wildman–Crippen MR) is 261 cm³/mol. The number of anilines is 3. The quantitative estimate of drug-likeness (QED) is 0.139. The van der Waals surface area contributed by atoms with Crippen LogP contribution in [0.2, 0.25) is 0 Å². The molecule has 0 aliphatic heterocycles. The summed E-state index contributed by atoms with van der Waals surface area (Å²) in [5.74, 6) is 0. The smallest absolute Gasteiger partial charge is 0.0645 e. The van der Waals surface area contributed by atoms with Gasteiger partial charge in [0.25, 0.3) is 0 Å². The molecule has 0 bridgehead atoms. The Balaban J connectivity index is 1.13. The van der Waals surface area contributed by atoms with Crippen LogP contribution in [0.4, 0.5) is 17.1 Å². The first kappa shape index (κ1) is 28.4. The summed E-state index contributed by atoms with van der Waals surface area (Å²) < 4.78 is 77.6. The van der Waals surface area contributed by atoms with Gasteiger partial charge in [0, 0.05) is 17.1 Å². The molecule has 0 aliphatic carbocycles. The van der Waals surface area contributed by atoms with Gasteiger partial charge in [0.05, 0.1) is 11.0 Å². The van der Waals surface area contributed by atoms with Crippen molar-refractivity contribution >= 4 is 49.4 Å². The largest absolute Gasteiger partial charge is 0.310 e. The number of hydrogen-bond acceptors (Lipinski definition) is 1. The lowest BCUT2D eigenvalue weighted by Crippen LogP contribution is -2.10. The van der Waals surface area contributed by atoms with Crippen LogP contribution in [0.25, 0.3) is 88.0 Å². The Morgan fingerprint density at radius 3 is 1.34 bits per heavy atom.